The molecule has 0 amide bonds. The molecule has 0 rings (SSSR count). The van der Waals surface area contributed by atoms with Gasteiger partial charge in [0.05, 0.1) is 6.61 Å². The number of unbranched alkanes of at least 4 members (excludes halogenated alkanes) is 1. The van der Waals surface area contributed by atoms with Gasteiger partial charge in [0.15, 0.2) is 0 Å². The van der Waals surface area contributed by atoms with Crippen LogP contribution in [-0.4, -0.2) is 35.5 Å². The molecule has 0 aliphatic rings. The summed E-state index contributed by atoms with van der Waals surface area (Å²) < 4.78 is 4.41. The fraction of sp³-hybridized carbons (Fsp3) is 0.889. The van der Waals surface area contributed by atoms with Crippen LogP contribution in [0.4, 0.5) is 0 Å². The van der Waals surface area contributed by atoms with Gasteiger partial charge in [0.1, 0.15) is 6.10 Å². The van der Waals surface area contributed by atoms with Crippen molar-refractivity contribution in [1.29, 1.82) is 0 Å². The van der Waals surface area contributed by atoms with Crippen molar-refractivity contribution in [2.24, 2.45) is 0 Å². The van der Waals surface area contributed by atoms with Gasteiger partial charge in [-0.15, -0.1) is 0 Å². The number of ether oxygens (including phenoxy) is 1. The maximum Gasteiger partial charge on any atom is 0.334 e. The number of aliphatic hydroxyl groups is 2. The van der Waals surface area contributed by atoms with E-state index in [-0.39, 0.29) is 21.7 Å². The smallest absolute Gasteiger partial charge is 0.334 e. The Morgan fingerprint density at radius 3 is 2.00 bits per heavy atom. The molecule has 0 bridgehead atoms. The third kappa shape index (κ3) is 18.0. The second kappa shape index (κ2) is 15.6. The van der Waals surface area contributed by atoms with Crippen LogP contribution in [0.5, 0.6) is 0 Å². The largest absolute Gasteiger partial charge is 0.464 e. The summed E-state index contributed by atoms with van der Waals surface area (Å²) in [6.45, 7) is 5.79. The number of carbonyl (C=O) groups excluding carboxylic acids is 1. The Morgan fingerprint density at radius 2 is 1.93 bits per heavy atom. The molecule has 84 valence electrons. The van der Waals surface area contributed by atoms with E-state index in [1.165, 1.54) is 6.92 Å². The Labute approximate surface area is 101 Å². The number of hydrogen-bond donors (Lipinski definition) is 2. The SMILES string of the molecule is CCCCO.CCOC(=O)C(C)O.[Ti]. The van der Waals surface area contributed by atoms with Gasteiger partial charge in [0.25, 0.3) is 0 Å². The normalized spacial score (nSPS) is 10.4. The van der Waals surface area contributed by atoms with E-state index in [9.17, 15) is 4.79 Å². The van der Waals surface area contributed by atoms with Crippen molar-refractivity contribution in [2.75, 3.05) is 13.2 Å². The Hall–Kier alpha value is 0.104. The Kier molecular flexibility index (Phi) is 21.8. The summed E-state index contributed by atoms with van der Waals surface area (Å²) >= 11 is 0. The fourth-order valence-electron chi connectivity index (χ4n) is 0.421. The minimum atomic E-state index is -0.991. The first-order valence-corrected chi connectivity index (χ1v) is 4.55. The van der Waals surface area contributed by atoms with Gasteiger partial charge < -0.3 is 14.9 Å². The van der Waals surface area contributed by atoms with E-state index < -0.39 is 12.1 Å². The predicted octanol–water partition coefficient (Wildman–Crippen LogP) is 0.707. The summed E-state index contributed by atoms with van der Waals surface area (Å²) in [5.41, 5.74) is 0. The van der Waals surface area contributed by atoms with Crippen LogP contribution in [0.1, 0.15) is 33.6 Å². The molecule has 0 aromatic rings. The minimum absolute atomic E-state index is 0. The van der Waals surface area contributed by atoms with Gasteiger partial charge in [-0.2, -0.15) is 0 Å². The topological polar surface area (TPSA) is 66.8 Å². The Morgan fingerprint density at radius 1 is 1.43 bits per heavy atom. The number of esters is 1. The predicted molar refractivity (Wildman–Crippen MR) is 50.3 cm³/mol. The van der Waals surface area contributed by atoms with Crippen LogP contribution in [-0.2, 0) is 31.2 Å². The first kappa shape index (κ1) is 19.6. The molecule has 0 heterocycles. The van der Waals surface area contributed by atoms with Crippen LogP contribution in [0.2, 0.25) is 0 Å². The monoisotopic (exact) mass is 240 g/mol. The molecule has 5 heteroatoms. The van der Waals surface area contributed by atoms with Crippen LogP contribution in [0.15, 0.2) is 0 Å². The van der Waals surface area contributed by atoms with Gasteiger partial charge in [0, 0.05) is 28.3 Å². The molecule has 0 aromatic carbocycles. The summed E-state index contributed by atoms with van der Waals surface area (Å²) in [4.78, 5) is 10.3. The molecule has 0 fully saturated rings. The molecule has 0 aliphatic carbocycles. The summed E-state index contributed by atoms with van der Waals surface area (Å²) in [6.07, 6.45) is 1.05. The molecule has 2 N–H and O–H groups in total. The molecule has 0 saturated carbocycles. The standard InChI is InChI=1S/C5H10O3.C4H10O.Ti/c1-3-8-5(7)4(2)6;1-2-3-4-5;/h4,6H,3H2,1-2H3;5H,2-4H2,1H3;. The summed E-state index contributed by atoms with van der Waals surface area (Å²) in [5, 5.41) is 16.5. The summed E-state index contributed by atoms with van der Waals surface area (Å²) in [5.74, 6) is -0.562. The van der Waals surface area contributed by atoms with Gasteiger partial charge in [-0.1, -0.05) is 13.3 Å². The average molecular weight is 240 g/mol. The first-order chi connectivity index (χ1) is 6.09. The second-order valence-corrected chi connectivity index (χ2v) is 2.51. The van der Waals surface area contributed by atoms with E-state index in [1.54, 1.807) is 6.92 Å². The van der Waals surface area contributed by atoms with Gasteiger partial charge in [-0.05, 0) is 20.3 Å². The number of hydrogen-bond acceptors (Lipinski definition) is 4. The zero-order valence-corrected chi connectivity index (χ0v) is 10.7. The number of carbonyl (C=O) groups is 1. The zero-order chi connectivity index (χ0) is 10.7. The molecule has 0 radical (unpaired) electrons. The molecule has 4 nitrogen and oxygen atoms in total. The molecule has 14 heavy (non-hydrogen) atoms. The minimum Gasteiger partial charge on any atom is -0.464 e. The summed E-state index contributed by atoms with van der Waals surface area (Å²) in [6, 6.07) is 0. The van der Waals surface area contributed by atoms with Crippen LogP contribution in [0.25, 0.3) is 0 Å². The average Bonchev–Trinajstić information content (AvgIpc) is 2.07. The van der Waals surface area contributed by atoms with E-state index in [0.29, 0.717) is 13.2 Å². The maximum absolute atomic E-state index is 10.3. The number of aliphatic hydroxyl groups excluding tert-OH is 2. The van der Waals surface area contributed by atoms with Gasteiger partial charge in [-0.3, -0.25) is 0 Å². The van der Waals surface area contributed by atoms with Crippen LogP contribution >= 0.6 is 0 Å². The third-order valence-electron chi connectivity index (χ3n) is 1.14. The second-order valence-electron chi connectivity index (χ2n) is 2.51. The molecule has 0 aliphatic heterocycles. The summed E-state index contributed by atoms with van der Waals surface area (Å²) in [7, 11) is 0. The van der Waals surface area contributed by atoms with Crippen molar-refractivity contribution in [3.63, 3.8) is 0 Å². The van der Waals surface area contributed by atoms with E-state index in [1.807, 2.05) is 0 Å². The number of rotatable bonds is 4. The van der Waals surface area contributed by atoms with Crippen molar-refractivity contribution in [3.05, 3.63) is 0 Å². The van der Waals surface area contributed by atoms with Crippen LogP contribution in [0, 0.1) is 0 Å². The molecule has 0 aromatic heterocycles. The third-order valence-corrected chi connectivity index (χ3v) is 1.14. The van der Waals surface area contributed by atoms with Gasteiger partial charge >= 0.3 is 5.97 Å². The van der Waals surface area contributed by atoms with Gasteiger partial charge in [-0.25, -0.2) is 4.79 Å². The van der Waals surface area contributed by atoms with Crippen molar-refractivity contribution in [2.45, 2.75) is 39.7 Å². The molecule has 1 atom stereocenters. The molecule has 0 saturated heterocycles. The van der Waals surface area contributed by atoms with Crippen molar-refractivity contribution in [3.8, 4) is 0 Å². The molecular formula is C9H20O4Ti. The quantitative estimate of drug-likeness (QED) is 0.561. The van der Waals surface area contributed by atoms with E-state index in [4.69, 9.17) is 10.2 Å². The Bertz CT molecular complexity index is 115. The van der Waals surface area contributed by atoms with Crippen molar-refractivity contribution >= 4 is 5.97 Å². The molecule has 0 spiro atoms. The Balaban J connectivity index is -0.000000177. The van der Waals surface area contributed by atoms with E-state index >= 15 is 0 Å². The van der Waals surface area contributed by atoms with E-state index in [0.717, 1.165) is 12.8 Å². The van der Waals surface area contributed by atoms with Crippen molar-refractivity contribution in [1.82, 2.24) is 0 Å². The maximum atomic E-state index is 10.3. The van der Waals surface area contributed by atoms with E-state index in [2.05, 4.69) is 11.7 Å². The first-order valence-electron chi connectivity index (χ1n) is 4.55. The van der Waals surface area contributed by atoms with Crippen LogP contribution < -0.4 is 0 Å². The van der Waals surface area contributed by atoms with Crippen LogP contribution in [0.3, 0.4) is 0 Å². The molecule has 1 unspecified atom stereocenters. The zero-order valence-electron chi connectivity index (χ0n) is 9.12. The fourth-order valence-corrected chi connectivity index (χ4v) is 0.421. The molecular weight excluding hydrogens is 220 g/mol. The van der Waals surface area contributed by atoms with Crippen molar-refractivity contribution < 1.29 is 41.5 Å². The van der Waals surface area contributed by atoms with Gasteiger partial charge in [0.2, 0.25) is 0 Å².